The van der Waals surface area contributed by atoms with Gasteiger partial charge in [-0.05, 0) is 18.2 Å². The molecule has 0 unspecified atom stereocenters. The second kappa shape index (κ2) is 3.11. The van der Waals surface area contributed by atoms with Gasteiger partial charge in [0.15, 0.2) is 0 Å². The zero-order valence-corrected chi connectivity index (χ0v) is 7.34. The highest BCUT2D eigenvalue weighted by Gasteiger charge is 2.02. The lowest BCUT2D eigenvalue weighted by molar-refractivity contribution is 0.531. The maximum atomic E-state index is 5.24. The second-order valence-electron chi connectivity index (χ2n) is 2.54. The molecule has 0 bridgehead atoms. The van der Waals surface area contributed by atoms with Crippen LogP contribution in [0.25, 0.3) is 11.3 Å². The van der Waals surface area contributed by atoms with Gasteiger partial charge in [-0.15, -0.1) is 0 Å². The molecule has 2 aromatic heterocycles. The number of rotatable bonds is 2. The largest absolute Gasteiger partial charge is 0.468 e. The van der Waals surface area contributed by atoms with Crippen molar-refractivity contribution in [3.8, 4) is 11.3 Å². The van der Waals surface area contributed by atoms with Crippen molar-refractivity contribution in [1.29, 1.82) is 0 Å². The zero-order chi connectivity index (χ0) is 8.39. The van der Waals surface area contributed by atoms with Gasteiger partial charge in [0, 0.05) is 23.2 Å². The molecule has 2 rings (SSSR count). The molecule has 0 fully saturated rings. The van der Waals surface area contributed by atoms with Crippen molar-refractivity contribution < 1.29 is 4.42 Å². The molecule has 62 valence electrons. The smallest absolute Gasteiger partial charge is 0.114 e. The molecule has 0 aliphatic rings. The Kier molecular flexibility index (Phi) is 1.96. The van der Waals surface area contributed by atoms with E-state index in [9.17, 15) is 0 Å². The summed E-state index contributed by atoms with van der Waals surface area (Å²) in [7, 11) is 0. The van der Waals surface area contributed by atoms with Crippen LogP contribution in [0.1, 0.15) is 5.76 Å². The highest BCUT2D eigenvalue weighted by Crippen LogP contribution is 2.20. The zero-order valence-electron chi connectivity index (χ0n) is 6.45. The summed E-state index contributed by atoms with van der Waals surface area (Å²) >= 11 is 4.12. The number of thiol groups is 1. The average Bonchev–Trinajstić information content (AvgIpc) is 2.75. The molecule has 0 radical (unpaired) electrons. The number of hydrogen-bond donors (Lipinski definition) is 2. The van der Waals surface area contributed by atoms with Crippen LogP contribution < -0.4 is 0 Å². The molecule has 3 heteroatoms. The van der Waals surface area contributed by atoms with E-state index in [4.69, 9.17) is 4.42 Å². The molecule has 0 saturated carbocycles. The number of hydrogen-bond acceptors (Lipinski definition) is 2. The van der Waals surface area contributed by atoms with Crippen molar-refractivity contribution in [1.82, 2.24) is 4.98 Å². The standard InChI is InChI=1S/C9H9NOS/c12-6-8-4-7(5-11-8)9-2-1-3-10-9/h1-5,10,12H,6H2. The van der Waals surface area contributed by atoms with Crippen LogP contribution in [0, 0.1) is 0 Å². The average molecular weight is 179 g/mol. The number of nitrogens with one attached hydrogen (secondary N) is 1. The molecule has 2 heterocycles. The van der Waals surface area contributed by atoms with Gasteiger partial charge in [-0.3, -0.25) is 0 Å². The molecular formula is C9H9NOS. The summed E-state index contributed by atoms with van der Waals surface area (Å²) in [5.41, 5.74) is 2.15. The van der Waals surface area contributed by atoms with Gasteiger partial charge in [0.25, 0.3) is 0 Å². The van der Waals surface area contributed by atoms with Crippen LogP contribution in [0.15, 0.2) is 35.1 Å². The van der Waals surface area contributed by atoms with E-state index < -0.39 is 0 Å². The first-order chi connectivity index (χ1) is 5.90. The first-order valence-electron chi connectivity index (χ1n) is 3.72. The van der Waals surface area contributed by atoms with E-state index in [2.05, 4.69) is 17.6 Å². The first kappa shape index (κ1) is 7.55. The van der Waals surface area contributed by atoms with E-state index in [1.807, 2.05) is 24.4 Å². The van der Waals surface area contributed by atoms with Gasteiger partial charge in [0.1, 0.15) is 12.0 Å². The summed E-state index contributed by atoms with van der Waals surface area (Å²) in [6, 6.07) is 5.95. The predicted molar refractivity (Wildman–Crippen MR) is 51.2 cm³/mol. The Morgan fingerprint density at radius 3 is 3.00 bits per heavy atom. The minimum absolute atomic E-state index is 0.640. The molecule has 0 amide bonds. The van der Waals surface area contributed by atoms with Gasteiger partial charge in [0.05, 0.1) is 0 Å². The van der Waals surface area contributed by atoms with Crippen molar-refractivity contribution in [2.75, 3.05) is 0 Å². The Morgan fingerprint density at radius 2 is 2.42 bits per heavy atom. The summed E-state index contributed by atoms with van der Waals surface area (Å²) in [5.74, 6) is 1.53. The van der Waals surface area contributed by atoms with E-state index in [1.165, 1.54) is 0 Å². The Bertz CT molecular complexity index is 350. The third-order valence-electron chi connectivity index (χ3n) is 1.72. The summed E-state index contributed by atoms with van der Waals surface area (Å²) in [4.78, 5) is 3.11. The topological polar surface area (TPSA) is 28.9 Å². The summed E-state index contributed by atoms with van der Waals surface area (Å²) in [5, 5.41) is 0. The molecular weight excluding hydrogens is 170 g/mol. The van der Waals surface area contributed by atoms with Gasteiger partial charge < -0.3 is 9.40 Å². The minimum Gasteiger partial charge on any atom is -0.468 e. The Hall–Kier alpha value is -1.09. The van der Waals surface area contributed by atoms with Crippen LogP contribution in [0.5, 0.6) is 0 Å². The summed E-state index contributed by atoms with van der Waals surface area (Å²) in [6.45, 7) is 0. The SMILES string of the molecule is SCc1cc(-c2ccc[nH]2)co1. The van der Waals surface area contributed by atoms with Crippen LogP contribution in [0.2, 0.25) is 0 Å². The van der Waals surface area contributed by atoms with Crippen LogP contribution in [-0.2, 0) is 5.75 Å². The molecule has 0 aliphatic heterocycles. The highest BCUT2D eigenvalue weighted by atomic mass is 32.1. The summed E-state index contributed by atoms with van der Waals surface area (Å²) in [6.07, 6.45) is 3.63. The first-order valence-corrected chi connectivity index (χ1v) is 4.35. The Balaban J connectivity index is 2.35. The quantitative estimate of drug-likeness (QED) is 0.682. The van der Waals surface area contributed by atoms with Crippen molar-refractivity contribution in [3.63, 3.8) is 0 Å². The van der Waals surface area contributed by atoms with Gasteiger partial charge in [-0.25, -0.2) is 0 Å². The number of aromatic amines is 1. The Labute approximate surface area is 76.0 Å². The van der Waals surface area contributed by atoms with Crippen molar-refractivity contribution in [2.24, 2.45) is 0 Å². The predicted octanol–water partition coefficient (Wildman–Crippen LogP) is 2.70. The lowest BCUT2D eigenvalue weighted by Crippen LogP contribution is -1.70. The van der Waals surface area contributed by atoms with Crippen LogP contribution in [0.3, 0.4) is 0 Å². The van der Waals surface area contributed by atoms with Crippen molar-refractivity contribution in [3.05, 3.63) is 36.4 Å². The van der Waals surface area contributed by atoms with E-state index in [1.54, 1.807) is 6.26 Å². The van der Waals surface area contributed by atoms with Crippen molar-refractivity contribution >= 4 is 12.6 Å². The van der Waals surface area contributed by atoms with Gasteiger partial charge >= 0.3 is 0 Å². The van der Waals surface area contributed by atoms with Gasteiger partial charge in [-0.1, -0.05) is 0 Å². The number of H-pyrrole nitrogens is 1. The van der Waals surface area contributed by atoms with Crippen LogP contribution >= 0.6 is 12.6 Å². The van der Waals surface area contributed by atoms with E-state index in [0.29, 0.717) is 5.75 Å². The highest BCUT2D eigenvalue weighted by molar-refractivity contribution is 7.79. The normalized spacial score (nSPS) is 10.4. The molecule has 0 aliphatic carbocycles. The third-order valence-corrected chi connectivity index (χ3v) is 2.03. The maximum absolute atomic E-state index is 5.24. The van der Waals surface area contributed by atoms with E-state index >= 15 is 0 Å². The molecule has 2 nitrogen and oxygen atoms in total. The Morgan fingerprint density at radius 1 is 1.50 bits per heavy atom. The van der Waals surface area contributed by atoms with E-state index in [-0.39, 0.29) is 0 Å². The van der Waals surface area contributed by atoms with E-state index in [0.717, 1.165) is 17.0 Å². The number of furan rings is 1. The number of aromatic nitrogens is 1. The minimum atomic E-state index is 0.640. The lowest BCUT2D eigenvalue weighted by atomic mass is 10.2. The third kappa shape index (κ3) is 1.28. The fraction of sp³-hybridized carbons (Fsp3) is 0.111. The molecule has 0 spiro atoms. The molecule has 0 atom stereocenters. The van der Waals surface area contributed by atoms with Crippen LogP contribution in [0.4, 0.5) is 0 Å². The molecule has 0 aromatic carbocycles. The fourth-order valence-corrected chi connectivity index (χ4v) is 1.28. The monoisotopic (exact) mass is 179 g/mol. The molecule has 0 saturated heterocycles. The molecule has 2 aromatic rings. The molecule has 1 N–H and O–H groups in total. The fourth-order valence-electron chi connectivity index (χ4n) is 1.11. The lowest BCUT2D eigenvalue weighted by Gasteiger charge is -1.86. The van der Waals surface area contributed by atoms with Gasteiger partial charge in [0.2, 0.25) is 0 Å². The summed E-state index contributed by atoms with van der Waals surface area (Å²) < 4.78 is 5.24. The second-order valence-corrected chi connectivity index (χ2v) is 2.86. The molecule has 12 heavy (non-hydrogen) atoms. The van der Waals surface area contributed by atoms with Crippen molar-refractivity contribution in [2.45, 2.75) is 5.75 Å². The van der Waals surface area contributed by atoms with Crippen LogP contribution in [-0.4, -0.2) is 4.98 Å². The van der Waals surface area contributed by atoms with Gasteiger partial charge in [-0.2, -0.15) is 12.6 Å². The maximum Gasteiger partial charge on any atom is 0.114 e.